The molecule has 0 saturated heterocycles. The number of ether oxygens (including phenoxy) is 2. The van der Waals surface area contributed by atoms with Crippen molar-refractivity contribution in [2.24, 2.45) is 5.92 Å². The molecule has 2 rings (SSSR count). The second-order valence-electron chi connectivity index (χ2n) is 5.77. The summed E-state index contributed by atoms with van der Waals surface area (Å²) in [6.45, 7) is 1.04. The van der Waals surface area contributed by atoms with Gasteiger partial charge in [0.25, 0.3) is 0 Å². The largest absolute Gasteiger partial charge is 0.460 e. The first kappa shape index (κ1) is 17.9. The SMILES string of the molecule is CC(C)C(C(=O)OCc1ccccc1)c1cccc(OC(F)F)c1. The Morgan fingerprint density at radius 3 is 2.38 bits per heavy atom. The Morgan fingerprint density at radius 1 is 1.04 bits per heavy atom. The molecule has 128 valence electrons. The van der Waals surface area contributed by atoms with Crippen LogP contribution in [0.2, 0.25) is 0 Å². The maximum atomic E-state index is 12.5. The lowest BCUT2D eigenvalue weighted by molar-refractivity contribution is -0.148. The standard InChI is InChI=1S/C19H20F2O3/c1-13(2)17(15-9-6-10-16(11-15)24-19(20)21)18(22)23-12-14-7-4-3-5-8-14/h3-11,13,17,19H,12H2,1-2H3. The van der Waals surface area contributed by atoms with E-state index in [1.807, 2.05) is 44.2 Å². The zero-order valence-corrected chi connectivity index (χ0v) is 13.6. The summed E-state index contributed by atoms with van der Waals surface area (Å²) < 4.78 is 34.5. The quantitative estimate of drug-likeness (QED) is 0.684. The van der Waals surface area contributed by atoms with Gasteiger partial charge in [-0.3, -0.25) is 4.79 Å². The highest BCUT2D eigenvalue weighted by atomic mass is 19.3. The molecule has 5 heteroatoms. The minimum absolute atomic E-state index is 0.0315. The van der Waals surface area contributed by atoms with Crippen LogP contribution in [0.5, 0.6) is 5.75 Å². The van der Waals surface area contributed by atoms with Crippen LogP contribution in [-0.2, 0) is 16.1 Å². The molecule has 0 aromatic heterocycles. The lowest BCUT2D eigenvalue weighted by Crippen LogP contribution is -2.21. The molecular weight excluding hydrogens is 314 g/mol. The molecule has 0 radical (unpaired) electrons. The van der Waals surface area contributed by atoms with Crippen molar-refractivity contribution in [3.63, 3.8) is 0 Å². The summed E-state index contributed by atoms with van der Waals surface area (Å²) in [4.78, 5) is 12.5. The molecule has 1 atom stereocenters. The summed E-state index contributed by atoms with van der Waals surface area (Å²) >= 11 is 0. The van der Waals surface area contributed by atoms with Gasteiger partial charge in [0.1, 0.15) is 12.4 Å². The first-order chi connectivity index (χ1) is 11.5. The average Bonchev–Trinajstić information content (AvgIpc) is 2.53. The summed E-state index contributed by atoms with van der Waals surface area (Å²) in [6, 6.07) is 15.6. The average molecular weight is 334 g/mol. The number of benzene rings is 2. The summed E-state index contributed by atoms with van der Waals surface area (Å²) in [5.41, 5.74) is 1.49. The molecule has 0 heterocycles. The molecule has 2 aromatic carbocycles. The Kier molecular flexibility index (Phi) is 6.29. The first-order valence-corrected chi connectivity index (χ1v) is 7.72. The number of alkyl halides is 2. The van der Waals surface area contributed by atoms with E-state index in [1.54, 1.807) is 12.1 Å². The third-order valence-corrected chi connectivity index (χ3v) is 3.59. The molecule has 3 nitrogen and oxygen atoms in total. The van der Waals surface area contributed by atoms with Gasteiger partial charge in [-0.1, -0.05) is 56.3 Å². The van der Waals surface area contributed by atoms with Crippen molar-refractivity contribution in [2.45, 2.75) is 33.0 Å². The van der Waals surface area contributed by atoms with Gasteiger partial charge in [0.15, 0.2) is 0 Å². The van der Waals surface area contributed by atoms with Crippen LogP contribution in [0.25, 0.3) is 0 Å². The van der Waals surface area contributed by atoms with Gasteiger partial charge < -0.3 is 9.47 Å². The first-order valence-electron chi connectivity index (χ1n) is 7.72. The Labute approximate surface area is 140 Å². The fourth-order valence-electron chi connectivity index (χ4n) is 2.50. The van der Waals surface area contributed by atoms with E-state index in [0.717, 1.165) is 5.56 Å². The molecule has 24 heavy (non-hydrogen) atoms. The predicted molar refractivity (Wildman–Crippen MR) is 86.9 cm³/mol. The van der Waals surface area contributed by atoms with Crippen LogP contribution in [-0.4, -0.2) is 12.6 Å². The van der Waals surface area contributed by atoms with Crippen molar-refractivity contribution in [1.82, 2.24) is 0 Å². The lowest BCUT2D eigenvalue weighted by Gasteiger charge is -2.20. The molecular formula is C19H20F2O3. The monoisotopic (exact) mass is 334 g/mol. The summed E-state index contributed by atoms with van der Waals surface area (Å²) in [5, 5.41) is 0. The second-order valence-corrected chi connectivity index (χ2v) is 5.77. The molecule has 0 spiro atoms. The normalized spacial score (nSPS) is 12.2. The summed E-state index contributed by atoms with van der Waals surface area (Å²) in [6.07, 6.45) is 0. The van der Waals surface area contributed by atoms with Crippen LogP contribution in [0, 0.1) is 5.92 Å². The third kappa shape index (κ3) is 5.05. The van der Waals surface area contributed by atoms with Gasteiger partial charge in [-0.2, -0.15) is 8.78 Å². The Balaban J connectivity index is 2.12. The van der Waals surface area contributed by atoms with E-state index in [2.05, 4.69) is 4.74 Å². The van der Waals surface area contributed by atoms with Gasteiger partial charge >= 0.3 is 12.6 Å². The van der Waals surface area contributed by atoms with Crippen molar-refractivity contribution < 1.29 is 23.0 Å². The van der Waals surface area contributed by atoms with E-state index in [4.69, 9.17) is 4.74 Å². The Hall–Kier alpha value is -2.43. The Morgan fingerprint density at radius 2 is 1.75 bits per heavy atom. The number of hydrogen-bond donors (Lipinski definition) is 0. The fourth-order valence-corrected chi connectivity index (χ4v) is 2.50. The molecule has 0 aliphatic carbocycles. The van der Waals surface area contributed by atoms with Gasteiger partial charge in [0.2, 0.25) is 0 Å². The molecule has 0 N–H and O–H groups in total. The van der Waals surface area contributed by atoms with Crippen LogP contribution in [0.15, 0.2) is 54.6 Å². The van der Waals surface area contributed by atoms with E-state index in [-0.39, 0.29) is 24.2 Å². The number of carbonyl (C=O) groups is 1. The van der Waals surface area contributed by atoms with Crippen LogP contribution < -0.4 is 4.74 Å². The molecule has 0 bridgehead atoms. The van der Waals surface area contributed by atoms with Gasteiger partial charge in [0, 0.05) is 0 Å². The van der Waals surface area contributed by atoms with Gasteiger partial charge in [0.05, 0.1) is 5.92 Å². The van der Waals surface area contributed by atoms with Gasteiger partial charge in [-0.05, 0) is 29.2 Å². The second kappa shape index (κ2) is 8.43. The minimum atomic E-state index is -2.90. The molecule has 0 aliphatic rings. The topological polar surface area (TPSA) is 35.5 Å². The number of rotatable bonds is 7. The van der Waals surface area contributed by atoms with Crippen LogP contribution >= 0.6 is 0 Å². The lowest BCUT2D eigenvalue weighted by atomic mass is 9.88. The van der Waals surface area contributed by atoms with E-state index in [1.165, 1.54) is 12.1 Å². The molecule has 0 aliphatic heterocycles. The minimum Gasteiger partial charge on any atom is -0.460 e. The third-order valence-electron chi connectivity index (χ3n) is 3.59. The zero-order valence-electron chi connectivity index (χ0n) is 13.6. The maximum Gasteiger partial charge on any atom is 0.387 e. The van der Waals surface area contributed by atoms with Gasteiger partial charge in [-0.15, -0.1) is 0 Å². The van der Waals surface area contributed by atoms with Crippen molar-refractivity contribution in [3.8, 4) is 5.75 Å². The zero-order chi connectivity index (χ0) is 17.5. The number of hydrogen-bond acceptors (Lipinski definition) is 3. The van der Waals surface area contributed by atoms with Crippen molar-refractivity contribution >= 4 is 5.97 Å². The van der Waals surface area contributed by atoms with E-state index >= 15 is 0 Å². The van der Waals surface area contributed by atoms with Crippen LogP contribution in [0.1, 0.15) is 30.9 Å². The van der Waals surface area contributed by atoms with Crippen molar-refractivity contribution in [2.75, 3.05) is 0 Å². The fraction of sp³-hybridized carbons (Fsp3) is 0.316. The van der Waals surface area contributed by atoms with Crippen molar-refractivity contribution in [3.05, 3.63) is 65.7 Å². The Bertz CT molecular complexity index is 657. The molecule has 0 amide bonds. The van der Waals surface area contributed by atoms with E-state index in [9.17, 15) is 13.6 Å². The molecule has 1 unspecified atom stereocenters. The van der Waals surface area contributed by atoms with Crippen molar-refractivity contribution in [1.29, 1.82) is 0 Å². The van der Waals surface area contributed by atoms with E-state index in [0.29, 0.717) is 5.56 Å². The van der Waals surface area contributed by atoms with Crippen LogP contribution in [0.4, 0.5) is 8.78 Å². The highest BCUT2D eigenvalue weighted by Gasteiger charge is 2.26. The smallest absolute Gasteiger partial charge is 0.387 e. The number of halogens is 2. The number of esters is 1. The number of carbonyl (C=O) groups excluding carboxylic acids is 1. The summed E-state index contributed by atoms with van der Waals surface area (Å²) in [7, 11) is 0. The van der Waals surface area contributed by atoms with E-state index < -0.39 is 12.5 Å². The highest BCUT2D eigenvalue weighted by molar-refractivity contribution is 5.78. The highest BCUT2D eigenvalue weighted by Crippen LogP contribution is 2.29. The maximum absolute atomic E-state index is 12.5. The van der Waals surface area contributed by atoms with Crippen LogP contribution in [0.3, 0.4) is 0 Å². The molecule has 2 aromatic rings. The molecule has 0 fully saturated rings. The predicted octanol–water partition coefficient (Wildman–Crippen LogP) is 4.77. The molecule has 0 saturated carbocycles. The summed E-state index contributed by atoms with van der Waals surface area (Å²) in [5.74, 6) is -0.947. The van der Waals surface area contributed by atoms with Gasteiger partial charge in [-0.25, -0.2) is 0 Å².